The summed E-state index contributed by atoms with van der Waals surface area (Å²) in [5.74, 6) is 1.38. The van der Waals surface area contributed by atoms with E-state index in [1.807, 2.05) is 48.2 Å². The third kappa shape index (κ3) is 3.28. The molecule has 0 bridgehead atoms. The van der Waals surface area contributed by atoms with Gasteiger partial charge in [0, 0.05) is 29.7 Å². The number of aromatic nitrogens is 4. The van der Waals surface area contributed by atoms with Crippen LogP contribution in [0.5, 0.6) is 0 Å². The molecule has 1 fully saturated rings. The lowest BCUT2D eigenvalue weighted by atomic mass is 10.2. The minimum Gasteiger partial charge on any atom is -0.314 e. The Morgan fingerprint density at radius 3 is 2.92 bits per heavy atom. The second-order valence-corrected chi connectivity index (χ2v) is 6.38. The Labute approximate surface area is 151 Å². The predicted molar refractivity (Wildman–Crippen MR) is 98.5 cm³/mol. The molecule has 0 spiro atoms. The minimum absolute atomic E-state index is 0.0945. The van der Waals surface area contributed by atoms with Gasteiger partial charge in [-0.1, -0.05) is 30.3 Å². The number of anilines is 1. The molecule has 7 heteroatoms. The molecular weight excluding hydrogens is 328 g/mol. The van der Waals surface area contributed by atoms with E-state index in [9.17, 15) is 4.79 Å². The number of nitrogens with zero attached hydrogens (tertiary/aromatic N) is 4. The molecule has 4 rings (SSSR count). The quantitative estimate of drug-likeness (QED) is 0.758. The second-order valence-electron chi connectivity index (χ2n) is 6.38. The van der Waals surface area contributed by atoms with Gasteiger partial charge in [0.05, 0.1) is 6.04 Å². The Kier molecular flexibility index (Phi) is 4.35. The van der Waals surface area contributed by atoms with E-state index < -0.39 is 0 Å². The van der Waals surface area contributed by atoms with Crippen LogP contribution in [0.15, 0.2) is 48.7 Å². The Hall–Kier alpha value is -3.22. The molecule has 1 aliphatic heterocycles. The number of hydrogen-bond donors (Lipinski definition) is 2. The van der Waals surface area contributed by atoms with Gasteiger partial charge in [-0.25, -0.2) is 9.78 Å². The Bertz CT molecular complexity index is 907. The molecule has 0 radical (unpaired) electrons. The fraction of sp³-hybridized carbons (Fsp3) is 0.263. The fourth-order valence-electron chi connectivity index (χ4n) is 3.25. The van der Waals surface area contributed by atoms with Crippen LogP contribution in [0.25, 0.3) is 11.4 Å². The molecule has 2 N–H and O–H groups in total. The molecule has 1 saturated heterocycles. The van der Waals surface area contributed by atoms with Crippen molar-refractivity contribution in [3.63, 3.8) is 0 Å². The molecule has 3 aromatic rings. The van der Waals surface area contributed by atoms with Gasteiger partial charge >= 0.3 is 6.03 Å². The van der Waals surface area contributed by atoms with Gasteiger partial charge in [0.2, 0.25) is 0 Å². The highest BCUT2D eigenvalue weighted by atomic mass is 16.2. The van der Waals surface area contributed by atoms with Crippen molar-refractivity contribution >= 4 is 11.7 Å². The topological polar surface area (TPSA) is 86.8 Å². The van der Waals surface area contributed by atoms with Crippen molar-refractivity contribution in [2.45, 2.75) is 25.8 Å². The number of nitrogens with one attached hydrogen (secondary N) is 2. The van der Waals surface area contributed by atoms with Crippen LogP contribution >= 0.6 is 0 Å². The van der Waals surface area contributed by atoms with E-state index in [2.05, 4.69) is 25.5 Å². The zero-order valence-corrected chi connectivity index (χ0v) is 14.5. The summed E-state index contributed by atoms with van der Waals surface area (Å²) in [4.78, 5) is 23.3. The SMILES string of the molecule is Cc1cc(NC(=O)N2CCC[C@H]2c2nc(-c3ccccc3)n[nH]2)ccn1. The number of hydrogen-bond acceptors (Lipinski definition) is 4. The number of aromatic amines is 1. The predicted octanol–water partition coefficient (Wildman–Crippen LogP) is 3.54. The number of carbonyl (C=O) groups is 1. The number of carbonyl (C=O) groups excluding carboxylic acids is 1. The van der Waals surface area contributed by atoms with Crippen molar-refractivity contribution in [3.05, 3.63) is 60.2 Å². The lowest BCUT2D eigenvalue weighted by Gasteiger charge is -2.23. The molecule has 26 heavy (non-hydrogen) atoms. The third-order valence-corrected chi connectivity index (χ3v) is 4.51. The first-order valence-corrected chi connectivity index (χ1v) is 8.69. The van der Waals surface area contributed by atoms with Crippen LogP contribution < -0.4 is 5.32 Å². The molecule has 1 aliphatic rings. The fourth-order valence-corrected chi connectivity index (χ4v) is 3.25. The first-order chi connectivity index (χ1) is 12.7. The molecule has 132 valence electrons. The summed E-state index contributed by atoms with van der Waals surface area (Å²) in [6, 6.07) is 13.2. The summed E-state index contributed by atoms with van der Waals surface area (Å²) >= 11 is 0. The van der Waals surface area contributed by atoms with E-state index >= 15 is 0 Å². The van der Waals surface area contributed by atoms with Crippen LogP contribution in [0.4, 0.5) is 10.5 Å². The number of benzene rings is 1. The normalized spacial score (nSPS) is 16.7. The molecule has 0 unspecified atom stereocenters. The van der Waals surface area contributed by atoms with Crippen molar-refractivity contribution in [2.75, 3.05) is 11.9 Å². The number of likely N-dealkylation sites (tertiary alicyclic amines) is 1. The second kappa shape index (κ2) is 6.95. The van der Waals surface area contributed by atoms with E-state index in [1.165, 1.54) is 0 Å². The number of amides is 2. The van der Waals surface area contributed by atoms with Gasteiger partial charge in [-0.3, -0.25) is 10.1 Å². The molecule has 7 nitrogen and oxygen atoms in total. The summed E-state index contributed by atoms with van der Waals surface area (Å²) in [5.41, 5.74) is 2.57. The number of urea groups is 1. The summed E-state index contributed by atoms with van der Waals surface area (Å²) < 4.78 is 0. The van der Waals surface area contributed by atoms with Crippen LogP contribution in [0, 0.1) is 6.92 Å². The monoisotopic (exact) mass is 348 g/mol. The maximum Gasteiger partial charge on any atom is 0.322 e. The highest BCUT2D eigenvalue weighted by Gasteiger charge is 2.32. The van der Waals surface area contributed by atoms with Gasteiger partial charge in [0.1, 0.15) is 5.82 Å². The highest BCUT2D eigenvalue weighted by Crippen LogP contribution is 2.31. The lowest BCUT2D eigenvalue weighted by Crippen LogP contribution is -2.34. The molecule has 3 heterocycles. The Balaban J connectivity index is 1.51. The number of aryl methyl sites for hydroxylation is 1. The molecule has 1 atom stereocenters. The maximum absolute atomic E-state index is 12.7. The van der Waals surface area contributed by atoms with Crippen LogP contribution in [0.3, 0.4) is 0 Å². The van der Waals surface area contributed by atoms with Crippen LogP contribution in [0.1, 0.15) is 30.4 Å². The first-order valence-electron chi connectivity index (χ1n) is 8.69. The standard InChI is InChI=1S/C19H20N6O/c1-13-12-15(9-10-20-13)21-19(26)25-11-5-8-16(25)18-22-17(23-24-18)14-6-3-2-4-7-14/h2-4,6-7,9-10,12,16H,5,8,11H2,1H3,(H,20,21,26)(H,22,23,24)/t16-/m0/s1. The molecule has 1 aromatic carbocycles. The Morgan fingerprint density at radius 1 is 1.27 bits per heavy atom. The van der Waals surface area contributed by atoms with Gasteiger partial charge in [-0.05, 0) is 31.9 Å². The summed E-state index contributed by atoms with van der Waals surface area (Å²) in [6.45, 7) is 2.59. The van der Waals surface area contributed by atoms with Gasteiger partial charge in [0.15, 0.2) is 5.82 Å². The van der Waals surface area contributed by atoms with Crippen molar-refractivity contribution in [2.24, 2.45) is 0 Å². The van der Waals surface area contributed by atoms with Crippen LogP contribution in [-0.4, -0.2) is 37.6 Å². The van der Waals surface area contributed by atoms with E-state index in [4.69, 9.17) is 0 Å². The molecule has 0 saturated carbocycles. The van der Waals surface area contributed by atoms with Crippen LogP contribution in [0.2, 0.25) is 0 Å². The first kappa shape index (κ1) is 16.3. The van der Waals surface area contributed by atoms with E-state index in [0.717, 1.165) is 35.6 Å². The number of pyridine rings is 1. The molecule has 2 aromatic heterocycles. The smallest absolute Gasteiger partial charge is 0.314 e. The van der Waals surface area contributed by atoms with Gasteiger partial charge in [0.25, 0.3) is 0 Å². The number of H-pyrrole nitrogens is 1. The third-order valence-electron chi connectivity index (χ3n) is 4.51. The highest BCUT2D eigenvalue weighted by molar-refractivity contribution is 5.89. The summed E-state index contributed by atoms with van der Waals surface area (Å²) in [5, 5.41) is 10.3. The average molecular weight is 348 g/mol. The van der Waals surface area contributed by atoms with E-state index in [-0.39, 0.29) is 12.1 Å². The number of rotatable bonds is 3. The van der Waals surface area contributed by atoms with Crippen molar-refractivity contribution in [1.82, 2.24) is 25.1 Å². The summed E-state index contributed by atoms with van der Waals surface area (Å²) in [7, 11) is 0. The maximum atomic E-state index is 12.7. The van der Waals surface area contributed by atoms with Crippen LogP contribution in [-0.2, 0) is 0 Å². The summed E-state index contributed by atoms with van der Waals surface area (Å²) in [6.07, 6.45) is 3.50. The zero-order chi connectivity index (χ0) is 17.9. The zero-order valence-electron chi connectivity index (χ0n) is 14.5. The van der Waals surface area contributed by atoms with E-state index in [0.29, 0.717) is 12.4 Å². The minimum atomic E-state index is -0.129. The van der Waals surface area contributed by atoms with Crippen molar-refractivity contribution in [3.8, 4) is 11.4 Å². The lowest BCUT2D eigenvalue weighted by molar-refractivity contribution is 0.205. The largest absolute Gasteiger partial charge is 0.322 e. The van der Waals surface area contributed by atoms with Crippen molar-refractivity contribution in [1.29, 1.82) is 0 Å². The Morgan fingerprint density at radius 2 is 2.12 bits per heavy atom. The van der Waals surface area contributed by atoms with Gasteiger partial charge in [-0.2, -0.15) is 5.10 Å². The van der Waals surface area contributed by atoms with Crippen molar-refractivity contribution < 1.29 is 4.79 Å². The van der Waals surface area contributed by atoms with E-state index in [1.54, 1.807) is 12.3 Å². The molecule has 0 aliphatic carbocycles. The van der Waals surface area contributed by atoms with Gasteiger partial charge < -0.3 is 10.2 Å². The molecule has 2 amide bonds. The average Bonchev–Trinajstić information content (AvgIpc) is 3.32. The molecular formula is C19H20N6O. The van der Waals surface area contributed by atoms with Gasteiger partial charge in [-0.15, -0.1) is 0 Å².